The third-order valence-electron chi connectivity index (χ3n) is 6.59. The van der Waals surface area contributed by atoms with Crippen molar-refractivity contribution in [3.8, 4) is 0 Å². The summed E-state index contributed by atoms with van der Waals surface area (Å²) < 4.78 is 21.0. The first-order valence-electron chi connectivity index (χ1n) is 10.7. The van der Waals surface area contributed by atoms with Gasteiger partial charge >= 0.3 is 0 Å². The molecule has 0 bridgehead atoms. The maximum Gasteiger partial charge on any atom is 0.230 e. The average molecular weight is 415 g/mol. The van der Waals surface area contributed by atoms with Crippen molar-refractivity contribution < 1.29 is 13.9 Å². The van der Waals surface area contributed by atoms with Gasteiger partial charge in [-0.2, -0.15) is 0 Å². The van der Waals surface area contributed by atoms with Crippen LogP contribution in [-0.2, 0) is 16.1 Å². The lowest BCUT2D eigenvalue weighted by atomic mass is 9.75. The zero-order chi connectivity index (χ0) is 21.3. The van der Waals surface area contributed by atoms with Crippen molar-refractivity contribution in [3.63, 3.8) is 0 Å². The van der Waals surface area contributed by atoms with Gasteiger partial charge in [0.1, 0.15) is 5.82 Å². The number of amides is 1. The Kier molecular flexibility index (Phi) is 5.93. The molecule has 4 rings (SSSR count). The molecule has 1 spiro atoms. The van der Waals surface area contributed by atoms with Crippen molar-refractivity contribution in [3.05, 3.63) is 53.9 Å². The third kappa shape index (κ3) is 3.88. The summed E-state index contributed by atoms with van der Waals surface area (Å²) in [7, 11) is 1.66. The molecule has 2 aromatic rings. The molecule has 30 heavy (non-hydrogen) atoms. The molecule has 1 aromatic heterocycles. The summed E-state index contributed by atoms with van der Waals surface area (Å²) >= 11 is 0. The number of aromatic nitrogens is 2. The van der Waals surface area contributed by atoms with E-state index in [9.17, 15) is 9.18 Å². The number of benzene rings is 1. The van der Waals surface area contributed by atoms with E-state index >= 15 is 0 Å². The predicted molar refractivity (Wildman–Crippen MR) is 113 cm³/mol. The molecule has 2 aliphatic rings. The van der Waals surface area contributed by atoms with Crippen LogP contribution < -0.4 is 0 Å². The number of halogens is 1. The van der Waals surface area contributed by atoms with Crippen LogP contribution in [0.25, 0.3) is 0 Å². The molecule has 1 amide bonds. The Bertz CT molecular complexity index is 899. The molecule has 2 fully saturated rings. The van der Waals surface area contributed by atoms with E-state index < -0.39 is 5.41 Å². The third-order valence-corrected chi connectivity index (χ3v) is 6.59. The minimum atomic E-state index is -0.475. The van der Waals surface area contributed by atoms with Gasteiger partial charge in [-0.1, -0.05) is 12.1 Å². The Labute approximate surface area is 177 Å². The number of likely N-dealkylation sites (tertiary alicyclic amines) is 2. The largest absolute Gasteiger partial charge is 0.383 e. The maximum atomic E-state index is 13.7. The van der Waals surface area contributed by atoms with E-state index in [4.69, 9.17) is 9.72 Å². The van der Waals surface area contributed by atoms with E-state index in [1.807, 2.05) is 17.3 Å². The summed E-state index contributed by atoms with van der Waals surface area (Å²) in [5.41, 5.74) is 1.43. The van der Waals surface area contributed by atoms with Crippen molar-refractivity contribution >= 4 is 5.91 Å². The van der Waals surface area contributed by atoms with Crippen molar-refractivity contribution in [1.29, 1.82) is 0 Å². The Balaban J connectivity index is 1.61. The van der Waals surface area contributed by atoms with Crippen molar-refractivity contribution in [2.75, 3.05) is 39.9 Å². The van der Waals surface area contributed by atoms with Gasteiger partial charge < -0.3 is 14.2 Å². The highest BCUT2D eigenvalue weighted by Crippen LogP contribution is 2.49. The second-order valence-corrected chi connectivity index (χ2v) is 8.88. The fourth-order valence-corrected chi connectivity index (χ4v) is 4.95. The van der Waals surface area contributed by atoms with Crippen LogP contribution in [0.2, 0.25) is 0 Å². The van der Waals surface area contributed by atoms with Crippen LogP contribution in [0.15, 0.2) is 36.8 Å². The highest BCUT2D eigenvalue weighted by Gasteiger charge is 2.57. The quantitative estimate of drug-likeness (QED) is 0.699. The molecule has 162 valence electrons. The average Bonchev–Trinajstić information content (AvgIpc) is 3.40. The predicted octanol–water partition coefficient (Wildman–Crippen LogP) is 3.07. The molecule has 3 heterocycles. The van der Waals surface area contributed by atoms with Gasteiger partial charge in [-0.25, -0.2) is 9.37 Å². The number of carbonyl (C=O) groups excluding carboxylic acids is 1. The molecule has 7 heteroatoms. The summed E-state index contributed by atoms with van der Waals surface area (Å²) in [5.74, 6) is 0.00723. The first kappa shape index (κ1) is 21.0. The molecule has 2 aliphatic heterocycles. The zero-order valence-corrected chi connectivity index (χ0v) is 18.1. The van der Waals surface area contributed by atoms with Crippen LogP contribution in [0.4, 0.5) is 4.39 Å². The number of hydrogen-bond acceptors (Lipinski definition) is 4. The van der Waals surface area contributed by atoms with Gasteiger partial charge in [-0.05, 0) is 38.0 Å². The highest BCUT2D eigenvalue weighted by molar-refractivity contribution is 5.86. The summed E-state index contributed by atoms with van der Waals surface area (Å²) in [6.07, 6.45) is 4.77. The van der Waals surface area contributed by atoms with E-state index in [1.54, 1.807) is 19.2 Å². The summed E-state index contributed by atoms with van der Waals surface area (Å²) in [4.78, 5) is 22.5. The first-order chi connectivity index (χ1) is 14.4. The summed E-state index contributed by atoms with van der Waals surface area (Å²) in [6.45, 7) is 8.21. The fraction of sp³-hybridized carbons (Fsp3) is 0.565. The van der Waals surface area contributed by atoms with Gasteiger partial charge in [0.15, 0.2) is 0 Å². The Morgan fingerprint density at radius 3 is 2.90 bits per heavy atom. The van der Waals surface area contributed by atoms with E-state index in [-0.39, 0.29) is 17.6 Å². The number of methoxy groups -OCH3 is 1. The first-order valence-corrected chi connectivity index (χ1v) is 10.7. The van der Waals surface area contributed by atoms with Gasteiger partial charge in [0.2, 0.25) is 5.91 Å². The number of ether oxygens (including phenoxy) is 1. The van der Waals surface area contributed by atoms with Crippen LogP contribution in [0, 0.1) is 11.2 Å². The lowest BCUT2D eigenvalue weighted by Crippen LogP contribution is -2.40. The smallest absolute Gasteiger partial charge is 0.230 e. The van der Waals surface area contributed by atoms with Gasteiger partial charge in [0.25, 0.3) is 0 Å². The number of imidazole rings is 1. The van der Waals surface area contributed by atoms with Crippen molar-refractivity contribution in [2.24, 2.45) is 5.41 Å². The van der Waals surface area contributed by atoms with E-state index in [0.29, 0.717) is 32.3 Å². The second kappa shape index (κ2) is 8.47. The van der Waals surface area contributed by atoms with E-state index in [2.05, 4.69) is 29.5 Å². The van der Waals surface area contributed by atoms with Crippen LogP contribution in [0.3, 0.4) is 0 Å². The molecule has 0 N–H and O–H groups in total. The van der Waals surface area contributed by atoms with Gasteiger partial charge in [0, 0.05) is 58.0 Å². The molecular formula is C23H31FN4O2. The van der Waals surface area contributed by atoms with Gasteiger partial charge in [-0.3, -0.25) is 9.69 Å². The topological polar surface area (TPSA) is 50.6 Å². The molecule has 2 saturated heterocycles. The number of carbonyl (C=O) groups is 1. The Morgan fingerprint density at radius 2 is 2.20 bits per heavy atom. The monoisotopic (exact) mass is 414 g/mol. The van der Waals surface area contributed by atoms with Gasteiger partial charge in [0.05, 0.1) is 24.0 Å². The molecule has 0 radical (unpaired) electrons. The normalized spacial score (nSPS) is 24.6. The fourth-order valence-electron chi connectivity index (χ4n) is 4.95. The molecule has 6 nitrogen and oxygen atoms in total. The number of hydrogen-bond donors (Lipinski definition) is 0. The molecule has 1 aromatic carbocycles. The molecule has 0 saturated carbocycles. The van der Waals surface area contributed by atoms with Crippen molar-refractivity contribution in [2.45, 2.75) is 38.8 Å². The van der Waals surface area contributed by atoms with Crippen LogP contribution in [-0.4, -0.2) is 65.2 Å². The lowest BCUT2D eigenvalue weighted by molar-refractivity contribution is -0.136. The van der Waals surface area contributed by atoms with E-state index in [1.165, 1.54) is 6.07 Å². The second-order valence-electron chi connectivity index (χ2n) is 8.88. The van der Waals surface area contributed by atoms with Crippen LogP contribution in [0.1, 0.15) is 43.5 Å². The zero-order valence-electron chi connectivity index (χ0n) is 18.1. The minimum Gasteiger partial charge on any atom is -0.383 e. The summed E-state index contributed by atoms with van der Waals surface area (Å²) in [6, 6.07) is 7.05. The molecule has 0 aliphatic carbocycles. The van der Waals surface area contributed by atoms with Gasteiger partial charge in [-0.15, -0.1) is 0 Å². The van der Waals surface area contributed by atoms with E-state index in [0.717, 1.165) is 30.8 Å². The molecular weight excluding hydrogens is 383 g/mol. The molecule has 2 atom stereocenters. The number of rotatable bonds is 7. The van der Waals surface area contributed by atoms with Crippen LogP contribution in [0.5, 0.6) is 0 Å². The summed E-state index contributed by atoms with van der Waals surface area (Å²) in [5, 5.41) is 0. The lowest BCUT2D eigenvalue weighted by Gasteiger charge is -2.28. The maximum absolute atomic E-state index is 13.7. The minimum absolute atomic E-state index is 0.0334. The Hall–Kier alpha value is -2.25. The molecule has 0 unspecified atom stereocenters. The van der Waals surface area contributed by atoms with Crippen LogP contribution >= 0.6 is 0 Å². The highest BCUT2D eigenvalue weighted by atomic mass is 19.1. The Morgan fingerprint density at radius 1 is 1.37 bits per heavy atom. The van der Waals surface area contributed by atoms with Crippen molar-refractivity contribution in [1.82, 2.24) is 19.4 Å². The standard InChI is InChI=1S/C23H31FN4O2/c1-17(2)28-14-21(25-16-28)20-13-26(12-18-5-4-6-19(24)11-18)15-23(20)7-8-27(22(23)29)9-10-30-3/h4-6,11,14,16-17,20H,7-10,12-13,15H2,1-3H3/t20-,23+/m0/s1. The SMILES string of the molecule is COCCN1CC[C@]2(CN(Cc3cccc(F)c3)C[C@H]2c2cn(C(C)C)cn2)C1=O. The number of nitrogens with zero attached hydrogens (tertiary/aromatic N) is 4.